The predicted molar refractivity (Wildman–Crippen MR) is 89.5 cm³/mol. The number of aromatic nitrogens is 1. The van der Waals surface area contributed by atoms with Crippen molar-refractivity contribution in [1.82, 2.24) is 9.88 Å². The van der Waals surface area contributed by atoms with E-state index in [1.807, 2.05) is 37.3 Å². The third kappa shape index (κ3) is 3.68. The largest absolute Gasteiger partial charge is 0.497 e. The van der Waals surface area contributed by atoms with E-state index in [1.54, 1.807) is 13.3 Å². The van der Waals surface area contributed by atoms with Crippen LogP contribution in [0.5, 0.6) is 5.75 Å². The van der Waals surface area contributed by atoms with Crippen LogP contribution in [0.15, 0.2) is 42.6 Å². The number of hydrogen-bond donors (Lipinski definition) is 1. The first kappa shape index (κ1) is 15.5. The van der Waals surface area contributed by atoms with Gasteiger partial charge in [0, 0.05) is 18.8 Å². The minimum Gasteiger partial charge on any atom is -0.497 e. The number of rotatable bonds is 5. The van der Waals surface area contributed by atoms with Gasteiger partial charge in [0.15, 0.2) is 0 Å². The maximum atomic E-state index is 12.2. The van der Waals surface area contributed by atoms with Gasteiger partial charge in [0.25, 0.3) is 0 Å². The highest BCUT2D eigenvalue weighted by Crippen LogP contribution is 2.34. The number of nitrogens with one attached hydrogen (secondary N) is 1. The molecule has 1 aliphatic rings. The number of methoxy groups -OCH3 is 1. The Bertz CT molecular complexity index is 685. The average Bonchev–Trinajstić information content (AvgIpc) is 2.54. The first-order valence-corrected chi connectivity index (χ1v) is 7.76. The zero-order valence-electron chi connectivity index (χ0n) is 13.5. The fourth-order valence-corrected chi connectivity index (χ4v) is 2.76. The topological polar surface area (TPSA) is 54.5 Å². The minimum absolute atomic E-state index is 0.0334. The molecule has 0 spiro atoms. The molecule has 1 aromatic heterocycles. The van der Waals surface area contributed by atoms with Crippen molar-refractivity contribution in [3.63, 3.8) is 0 Å². The highest BCUT2D eigenvalue weighted by Gasteiger charge is 2.30. The smallest absolute Gasteiger partial charge is 0.239 e. The molecule has 0 radical (unpaired) electrons. The molecule has 1 amide bonds. The summed E-state index contributed by atoms with van der Waals surface area (Å²) >= 11 is 0. The molecule has 1 aromatic carbocycles. The van der Waals surface area contributed by atoms with Gasteiger partial charge in [0.05, 0.1) is 13.7 Å². The summed E-state index contributed by atoms with van der Waals surface area (Å²) in [6, 6.07) is 12.1. The number of carbonyl (C=O) groups excluding carboxylic acids is 1. The van der Waals surface area contributed by atoms with Crippen LogP contribution in [0.2, 0.25) is 0 Å². The van der Waals surface area contributed by atoms with Gasteiger partial charge in [-0.3, -0.25) is 9.69 Å². The van der Waals surface area contributed by atoms with Gasteiger partial charge in [0.2, 0.25) is 5.91 Å². The highest BCUT2D eigenvalue weighted by molar-refractivity contribution is 5.91. The number of benzene rings is 1. The molecule has 120 valence electrons. The molecule has 0 bridgehead atoms. The van der Waals surface area contributed by atoms with Gasteiger partial charge in [-0.2, -0.15) is 0 Å². The van der Waals surface area contributed by atoms with Crippen LogP contribution in [-0.2, 0) is 4.79 Å². The van der Waals surface area contributed by atoms with Crippen LogP contribution < -0.4 is 10.1 Å². The summed E-state index contributed by atoms with van der Waals surface area (Å²) in [6.07, 6.45) is 2.81. The third-order valence-electron chi connectivity index (χ3n) is 4.13. The number of ether oxygens (including phenoxy) is 1. The van der Waals surface area contributed by atoms with Crippen LogP contribution in [0.4, 0.5) is 5.82 Å². The fraction of sp³-hybridized carbons (Fsp3) is 0.333. The number of carbonyl (C=O) groups is 1. The number of amides is 1. The van der Waals surface area contributed by atoms with Crippen LogP contribution >= 0.6 is 0 Å². The Hall–Kier alpha value is -2.40. The van der Waals surface area contributed by atoms with Gasteiger partial charge in [-0.25, -0.2) is 4.98 Å². The lowest BCUT2D eigenvalue weighted by Crippen LogP contribution is -2.45. The molecule has 1 unspecified atom stereocenters. The lowest BCUT2D eigenvalue weighted by molar-refractivity contribution is -0.119. The van der Waals surface area contributed by atoms with Crippen LogP contribution in [0.25, 0.3) is 0 Å². The summed E-state index contributed by atoms with van der Waals surface area (Å²) in [5, 5.41) is 2.85. The van der Waals surface area contributed by atoms with E-state index in [4.69, 9.17) is 4.74 Å². The molecule has 0 aliphatic carbocycles. The predicted octanol–water partition coefficient (Wildman–Crippen LogP) is 2.78. The van der Waals surface area contributed by atoms with Gasteiger partial charge in [-0.1, -0.05) is 18.2 Å². The van der Waals surface area contributed by atoms with E-state index in [2.05, 4.69) is 21.3 Å². The number of aryl methyl sites for hydroxylation is 1. The molecule has 2 aromatic rings. The Labute approximate surface area is 136 Å². The Morgan fingerprint density at radius 3 is 2.91 bits per heavy atom. The molecule has 1 saturated heterocycles. The Kier molecular flexibility index (Phi) is 4.57. The Morgan fingerprint density at radius 2 is 2.26 bits per heavy atom. The summed E-state index contributed by atoms with van der Waals surface area (Å²) in [5.41, 5.74) is 2.26. The maximum Gasteiger partial charge on any atom is 0.239 e. The average molecular weight is 311 g/mol. The summed E-state index contributed by atoms with van der Waals surface area (Å²) in [5.74, 6) is 1.41. The van der Waals surface area contributed by atoms with Crippen LogP contribution in [0, 0.1) is 6.92 Å². The molecule has 2 heterocycles. The van der Waals surface area contributed by atoms with Crippen molar-refractivity contribution in [2.75, 3.05) is 25.5 Å². The summed E-state index contributed by atoms with van der Waals surface area (Å²) < 4.78 is 5.27. The van der Waals surface area contributed by atoms with E-state index < -0.39 is 0 Å². The number of anilines is 1. The molecule has 1 aliphatic heterocycles. The number of hydrogen-bond acceptors (Lipinski definition) is 4. The van der Waals surface area contributed by atoms with E-state index in [0.29, 0.717) is 12.4 Å². The molecular weight excluding hydrogens is 290 g/mol. The van der Waals surface area contributed by atoms with E-state index in [-0.39, 0.29) is 11.9 Å². The minimum atomic E-state index is -0.0334. The zero-order valence-corrected chi connectivity index (χ0v) is 13.5. The molecule has 5 heteroatoms. The second kappa shape index (κ2) is 6.79. The van der Waals surface area contributed by atoms with Gasteiger partial charge in [-0.05, 0) is 42.7 Å². The van der Waals surface area contributed by atoms with Crippen molar-refractivity contribution in [2.45, 2.75) is 19.4 Å². The molecule has 1 fully saturated rings. The van der Waals surface area contributed by atoms with E-state index in [1.165, 1.54) is 5.56 Å². The van der Waals surface area contributed by atoms with Crippen molar-refractivity contribution < 1.29 is 9.53 Å². The van der Waals surface area contributed by atoms with Gasteiger partial charge < -0.3 is 10.1 Å². The highest BCUT2D eigenvalue weighted by atomic mass is 16.5. The first-order valence-electron chi connectivity index (χ1n) is 7.76. The van der Waals surface area contributed by atoms with E-state index in [0.717, 1.165) is 24.3 Å². The fourth-order valence-electron chi connectivity index (χ4n) is 2.76. The zero-order chi connectivity index (χ0) is 16.2. The molecular formula is C18H21N3O2. The normalized spacial score (nSPS) is 17.4. The molecule has 0 saturated carbocycles. The Balaban J connectivity index is 1.59. The molecule has 23 heavy (non-hydrogen) atoms. The second-order valence-electron chi connectivity index (χ2n) is 5.82. The quantitative estimate of drug-likeness (QED) is 0.922. The maximum absolute atomic E-state index is 12.2. The van der Waals surface area contributed by atoms with Crippen molar-refractivity contribution in [3.8, 4) is 5.75 Å². The standard InChI is InChI=1S/C18H21N3O2/c1-13-6-7-17(19-11-13)20-18(22)12-21-9-8-16(21)14-4-3-5-15(10-14)23-2/h3-7,10-11,16H,8-9,12H2,1-2H3,(H,19,20,22). The lowest BCUT2D eigenvalue weighted by atomic mass is 9.94. The van der Waals surface area contributed by atoms with Crippen LogP contribution in [-0.4, -0.2) is 36.0 Å². The summed E-state index contributed by atoms with van der Waals surface area (Å²) in [6.45, 7) is 3.27. The second-order valence-corrected chi connectivity index (χ2v) is 5.82. The van der Waals surface area contributed by atoms with E-state index in [9.17, 15) is 4.79 Å². The first-order chi connectivity index (χ1) is 11.2. The monoisotopic (exact) mass is 311 g/mol. The van der Waals surface area contributed by atoms with Crippen LogP contribution in [0.3, 0.4) is 0 Å². The Morgan fingerprint density at radius 1 is 1.39 bits per heavy atom. The van der Waals surface area contributed by atoms with Crippen molar-refractivity contribution in [1.29, 1.82) is 0 Å². The van der Waals surface area contributed by atoms with Gasteiger partial charge in [-0.15, -0.1) is 0 Å². The molecule has 1 atom stereocenters. The summed E-state index contributed by atoms with van der Waals surface area (Å²) in [7, 11) is 1.67. The molecule has 3 rings (SSSR count). The van der Waals surface area contributed by atoms with Gasteiger partial charge in [0.1, 0.15) is 11.6 Å². The number of nitrogens with zero attached hydrogens (tertiary/aromatic N) is 2. The molecule has 5 nitrogen and oxygen atoms in total. The number of pyridine rings is 1. The lowest BCUT2D eigenvalue weighted by Gasteiger charge is -2.40. The SMILES string of the molecule is COc1cccc(C2CCN2CC(=O)Nc2ccc(C)cn2)c1. The summed E-state index contributed by atoms with van der Waals surface area (Å²) in [4.78, 5) is 18.6. The van der Waals surface area contributed by atoms with E-state index >= 15 is 0 Å². The molecule has 1 N–H and O–H groups in total. The van der Waals surface area contributed by atoms with Crippen LogP contribution in [0.1, 0.15) is 23.6 Å². The van der Waals surface area contributed by atoms with Crippen molar-refractivity contribution in [2.24, 2.45) is 0 Å². The van der Waals surface area contributed by atoms with Crippen molar-refractivity contribution >= 4 is 11.7 Å². The van der Waals surface area contributed by atoms with Gasteiger partial charge >= 0.3 is 0 Å². The van der Waals surface area contributed by atoms with Crippen molar-refractivity contribution in [3.05, 3.63) is 53.7 Å². The number of likely N-dealkylation sites (tertiary alicyclic amines) is 1. The third-order valence-corrected chi connectivity index (χ3v) is 4.13.